The summed E-state index contributed by atoms with van der Waals surface area (Å²) in [5.74, 6) is -0.997. The molecule has 1 saturated heterocycles. The summed E-state index contributed by atoms with van der Waals surface area (Å²) in [7, 11) is -4.14. The summed E-state index contributed by atoms with van der Waals surface area (Å²) in [5, 5.41) is 0. The van der Waals surface area contributed by atoms with Crippen LogP contribution in [0.25, 0.3) is 0 Å². The number of morpholine rings is 1. The second-order valence-electron chi connectivity index (χ2n) is 8.40. The SMILES string of the molecule is O=C(OCc1ccccc1)C(=O)[C@@H](CN1CCOCC1)NS(=O)(=O)c1ccc(Oc2ccccc2)cc1. The molecule has 1 fully saturated rings. The molecule has 0 radical (unpaired) electrons. The molecule has 0 amide bonds. The van der Waals surface area contributed by atoms with Gasteiger partial charge in [-0.25, -0.2) is 13.2 Å². The molecule has 0 aromatic heterocycles. The van der Waals surface area contributed by atoms with Crippen LogP contribution in [0, 0.1) is 0 Å². The molecule has 0 saturated carbocycles. The van der Waals surface area contributed by atoms with Gasteiger partial charge in [0.2, 0.25) is 10.0 Å². The van der Waals surface area contributed by atoms with Gasteiger partial charge in [0.05, 0.1) is 18.1 Å². The first-order valence-electron chi connectivity index (χ1n) is 11.8. The van der Waals surface area contributed by atoms with Crippen molar-refractivity contribution in [3.63, 3.8) is 0 Å². The Morgan fingerprint density at radius 2 is 1.46 bits per heavy atom. The van der Waals surface area contributed by atoms with Gasteiger partial charge in [-0.3, -0.25) is 9.69 Å². The maximum Gasteiger partial charge on any atom is 0.376 e. The van der Waals surface area contributed by atoms with E-state index in [2.05, 4.69) is 4.72 Å². The van der Waals surface area contributed by atoms with Crippen LogP contribution in [0.2, 0.25) is 0 Å². The van der Waals surface area contributed by atoms with Crippen molar-refractivity contribution in [1.82, 2.24) is 9.62 Å². The Morgan fingerprint density at radius 3 is 2.11 bits per heavy atom. The van der Waals surface area contributed by atoms with Crippen molar-refractivity contribution >= 4 is 21.8 Å². The first kappa shape index (κ1) is 26.5. The summed E-state index contributed by atoms with van der Waals surface area (Å²) in [6, 6.07) is 22.5. The number of sulfonamides is 1. The Bertz CT molecular complexity index is 1280. The molecule has 1 N–H and O–H groups in total. The Labute approximate surface area is 216 Å². The van der Waals surface area contributed by atoms with Crippen LogP contribution in [-0.4, -0.2) is 64.0 Å². The minimum atomic E-state index is -4.14. The fraction of sp³-hybridized carbons (Fsp3) is 0.259. The first-order chi connectivity index (χ1) is 17.9. The van der Waals surface area contributed by atoms with E-state index in [4.69, 9.17) is 14.2 Å². The van der Waals surface area contributed by atoms with Crippen molar-refractivity contribution in [2.75, 3.05) is 32.8 Å². The van der Waals surface area contributed by atoms with Gasteiger partial charge in [0, 0.05) is 19.6 Å². The highest BCUT2D eigenvalue weighted by atomic mass is 32.2. The molecule has 4 rings (SSSR count). The molecule has 1 atom stereocenters. The summed E-state index contributed by atoms with van der Waals surface area (Å²) >= 11 is 0. The highest BCUT2D eigenvalue weighted by Crippen LogP contribution is 2.22. The van der Waals surface area contributed by atoms with Crippen LogP contribution in [0.3, 0.4) is 0 Å². The summed E-state index contributed by atoms with van der Waals surface area (Å²) in [6.07, 6.45) is 0. The molecule has 3 aromatic rings. The van der Waals surface area contributed by atoms with Crippen LogP contribution in [0.15, 0.2) is 89.8 Å². The Balaban J connectivity index is 1.46. The second-order valence-corrected chi connectivity index (χ2v) is 10.1. The Kier molecular flexibility index (Phi) is 9.02. The minimum Gasteiger partial charge on any atom is -0.457 e. The topological polar surface area (TPSA) is 111 Å². The molecule has 0 aliphatic carbocycles. The van der Waals surface area contributed by atoms with Gasteiger partial charge in [-0.05, 0) is 42.0 Å². The van der Waals surface area contributed by atoms with Crippen molar-refractivity contribution in [2.45, 2.75) is 17.5 Å². The van der Waals surface area contributed by atoms with Crippen LogP contribution in [0.5, 0.6) is 11.5 Å². The van der Waals surface area contributed by atoms with E-state index in [-0.39, 0.29) is 18.0 Å². The van der Waals surface area contributed by atoms with Gasteiger partial charge in [0.15, 0.2) is 0 Å². The van der Waals surface area contributed by atoms with Crippen LogP contribution in [0.4, 0.5) is 0 Å². The standard InChI is InChI=1S/C27H28N2O7S/c30-26(27(31)35-20-21-7-3-1-4-8-21)25(19-29-15-17-34-18-16-29)28-37(32,33)24-13-11-23(12-14-24)36-22-9-5-2-6-10-22/h1-14,25,28H,15-20H2/t25-/m1/s1. The van der Waals surface area contributed by atoms with Gasteiger partial charge in [0.25, 0.3) is 5.78 Å². The number of ether oxygens (including phenoxy) is 3. The summed E-state index contributed by atoms with van der Waals surface area (Å²) < 4.78 is 44.9. The molecule has 10 heteroatoms. The van der Waals surface area contributed by atoms with Crippen LogP contribution >= 0.6 is 0 Å². The number of hydrogen-bond donors (Lipinski definition) is 1. The van der Waals surface area contributed by atoms with E-state index in [0.717, 1.165) is 0 Å². The van der Waals surface area contributed by atoms with E-state index < -0.39 is 27.8 Å². The number of ketones is 1. The lowest BCUT2D eigenvalue weighted by Gasteiger charge is -2.29. The first-order valence-corrected chi connectivity index (χ1v) is 13.3. The Morgan fingerprint density at radius 1 is 0.865 bits per heavy atom. The van der Waals surface area contributed by atoms with Gasteiger partial charge < -0.3 is 14.2 Å². The lowest BCUT2D eigenvalue weighted by molar-refractivity contribution is -0.155. The molecule has 0 bridgehead atoms. The largest absolute Gasteiger partial charge is 0.457 e. The lowest BCUT2D eigenvalue weighted by Crippen LogP contribution is -2.52. The highest BCUT2D eigenvalue weighted by molar-refractivity contribution is 7.89. The van der Waals surface area contributed by atoms with Crippen molar-refractivity contribution in [3.8, 4) is 11.5 Å². The zero-order valence-corrected chi connectivity index (χ0v) is 20.9. The number of carbonyl (C=O) groups is 2. The number of benzene rings is 3. The van der Waals surface area contributed by atoms with Crippen LogP contribution in [-0.2, 0) is 35.7 Å². The normalized spacial score (nSPS) is 15.0. The van der Waals surface area contributed by atoms with E-state index in [1.165, 1.54) is 24.3 Å². The lowest BCUT2D eigenvalue weighted by atomic mass is 10.2. The predicted molar refractivity (Wildman–Crippen MR) is 136 cm³/mol. The number of nitrogens with zero attached hydrogens (tertiary/aromatic N) is 1. The molecule has 194 valence electrons. The van der Waals surface area contributed by atoms with Gasteiger partial charge in [-0.15, -0.1) is 0 Å². The monoisotopic (exact) mass is 524 g/mol. The average Bonchev–Trinajstić information content (AvgIpc) is 2.93. The van der Waals surface area contributed by atoms with Gasteiger partial charge in [0.1, 0.15) is 24.1 Å². The van der Waals surface area contributed by atoms with Crippen molar-refractivity contribution in [2.24, 2.45) is 0 Å². The zero-order valence-electron chi connectivity index (χ0n) is 20.1. The Hall–Kier alpha value is -3.57. The fourth-order valence-corrected chi connectivity index (χ4v) is 4.91. The van der Waals surface area contributed by atoms with Crippen molar-refractivity contribution in [1.29, 1.82) is 0 Å². The molecule has 0 spiro atoms. The van der Waals surface area contributed by atoms with E-state index in [9.17, 15) is 18.0 Å². The molecular formula is C27H28N2O7S. The van der Waals surface area contributed by atoms with E-state index >= 15 is 0 Å². The molecule has 9 nitrogen and oxygen atoms in total. The van der Waals surface area contributed by atoms with Crippen LogP contribution < -0.4 is 9.46 Å². The maximum atomic E-state index is 13.2. The predicted octanol–water partition coefficient (Wildman–Crippen LogP) is 2.77. The van der Waals surface area contributed by atoms with Gasteiger partial charge in [-0.2, -0.15) is 4.72 Å². The molecule has 1 aliphatic heterocycles. The molecule has 3 aromatic carbocycles. The number of esters is 1. The third-order valence-corrected chi connectivity index (χ3v) is 7.17. The minimum absolute atomic E-state index is 0.0110. The van der Waals surface area contributed by atoms with Crippen molar-refractivity contribution < 1.29 is 32.2 Å². The number of carbonyl (C=O) groups excluding carboxylic acids is 2. The number of Topliss-reactive ketones (excluding diaryl/α,β-unsaturated/α-hetero) is 1. The van der Waals surface area contributed by atoms with E-state index in [1.807, 2.05) is 29.2 Å². The van der Waals surface area contributed by atoms with E-state index in [0.29, 0.717) is 43.4 Å². The average molecular weight is 525 g/mol. The van der Waals surface area contributed by atoms with E-state index in [1.54, 1.807) is 36.4 Å². The molecule has 37 heavy (non-hydrogen) atoms. The molecule has 1 heterocycles. The zero-order chi connectivity index (χ0) is 26.1. The summed E-state index contributed by atoms with van der Waals surface area (Å²) in [5.41, 5.74) is 0.715. The fourth-order valence-electron chi connectivity index (χ4n) is 3.72. The third kappa shape index (κ3) is 7.70. The van der Waals surface area contributed by atoms with Gasteiger partial charge >= 0.3 is 5.97 Å². The number of hydrogen-bond acceptors (Lipinski definition) is 8. The number of rotatable bonds is 11. The summed E-state index contributed by atoms with van der Waals surface area (Å²) in [4.78, 5) is 27.4. The highest BCUT2D eigenvalue weighted by Gasteiger charge is 2.33. The van der Waals surface area contributed by atoms with Crippen molar-refractivity contribution in [3.05, 3.63) is 90.5 Å². The number of para-hydroxylation sites is 1. The molecule has 1 aliphatic rings. The van der Waals surface area contributed by atoms with Gasteiger partial charge in [-0.1, -0.05) is 48.5 Å². The third-order valence-electron chi connectivity index (χ3n) is 5.69. The smallest absolute Gasteiger partial charge is 0.376 e. The number of nitrogens with one attached hydrogen (secondary N) is 1. The maximum absolute atomic E-state index is 13.2. The second kappa shape index (κ2) is 12.6. The summed E-state index contributed by atoms with van der Waals surface area (Å²) in [6.45, 7) is 1.85. The molecular weight excluding hydrogens is 496 g/mol. The van der Waals surface area contributed by atoms with Crippen LogP contribution in [0.1, 0.15) is 5.56 Å². The quantitative estimate of drug-likeness (QED) is 0.301. The molecule has 0 unspecified atom stereocenters.